The summed E-state index contributed by atoms with van der Waals surface area (Å²) in [5.74, 6) is 0. The van der Waals surface area contributed by atoms with Crippen LogP contribution >= 0.6 is 0 Å². The smallest absolute Gasteiger partial charge is 0.0239 e. The molecule has 2 aliphatic rings. The molecule has 0 amide bonds. The van der Waals surface area contributed by atoms with Gasteiger partial charge in [0.15, 0.2) is 0 Å². The van der Waals surface area contributed by atoms with Crippen molar-refractivity contribution < 1.29 is 0 Å². The maximum atomic E-state index is 3.86. The quantitative estimate of drug-likeness (QED) is 0.719. The van der Waals surface area contributed by atoms with Crippen LogP contribution in [0.15, 0.2) is 36.9 Å². The summed E-state index contributed by atoms with van der Waals surface area (Å²) in [7, 11) is 0. The van der Waals surface area contributed by atoms with E-state index in [1.54, 1.807) is 0 Å². The lowest BCUT2D eigenvalue weighted by molar-refractivity contribution is 0.284. The van der Waals surface area contributed by atoms with Crippen LogP contribution in [0.3, 0.4) is 0 Å². The lowest BCUT2D eigenvalue weighted by Gasteiger charge is -2.20. The molecule has 2 nitrogen and oxygen atoms in total. The van der Waals surface area contributed by atoms with Gasteiger partial charge in [0, 0.05) is 31.7 Å². The standard InChI is InChI=1S/C17H24N2/c1-2-11-19(17-9-10-17)13-15-5-3-14(4-6-15)12-18-16-7-8-16/h2-6,16-18H,1,7-13H2. The first-order valence-corrected chi connectivity index (χ1v) is 7.51. The van der Waals surface area contributed by atoms with E-state index in [0.29, 0.717) is 0 Å². The van der Waals surface area contributed by atoms with E-state index in [0.717, 1.165) is 31.7 Å². The molecule has 0 aliphatic heterocycles. The Morgan fingerprint density at radius 2 is 1.79 bits per heavy atom. The van der Waals surface area contributed by atoms with Gasteiger partial charge in [0.1, 0.15) is 0 Å². The second-order valence-electron chi connectivity index (χ2n) is 5.92. The van der Waals surface area contributed by atoms with Crippen molar-refractivity contribution in [2.24, 2.45) is 0 Å². The van der Waals surface area contributed by atoms with Gasteiger partial charge in [-0.2, -0.15) is 0 Å². The van der Waals surface area contributed by atoms with E-state index < -0.39 is 0 Å². The summed E-state index contributed by atoms with van der Waals surface area (Å²) in [6.45, 7) is 6.95. The minimum absolute atomic E-state index is 0.789. The number of rotatable bonds is 8. The summed E-state index contributed by atoms with van der Waals surface area (Å²) in [4.78, 5) is 2.53. The third-order valence-corrected chi connectivity index (χ3v) is 4.01. The molecule has 1 aromatic rings. The van der Waals surface area contributed by atoms with Crippen molar-refractivity contribution in [3.05, 3.63) is 48.0 Å². The summed E-state index contributed by atoms with van der Waals surface area (Å²) in [6.07, 6.45) is 7.45. The number of benzene rings is 1. The van der Waals surface area contributed by atoms with Crippen LogP contribution in [0, 0.1) is 0 Å². The number of nitrogens with one attached hydrogen (secondary N) is 1. The molecule has 0 atom stereocenters. The molecule has 102 valence electrons. The van der Waals surface area contributed by atoms with Crippen LogP contribution < -0.4 is 5.32 Å². The minimum Gasteiger partial charge on any atom is -0.310 e. The largest absolute Gasteiger partial charge is 0.310 e. The van der Waals surface area contributed by atoms with E-state index in [2.05, 4.69) is 41.1 Å². The SMILES string of the molecule is C=CCN(Cc1ccc(CNC2CC2)cc1)C1CC1. The molecule has 2 saturated carbocycles. The molecule has 0 aromatic heterocycles. The Balaban J connectivity index is 1.53. The van der Waals surface area contributed by atoms with E-state index in [1.807, 2.05) is 6.08 Å². The summed E-state index contributed by atoms with van der Waals surface area (Å²) in [6, 6.07) is 10.7. The highest BCUT2D eigenvalue weighted by atomic mass is 15.2. The normalized spacial score (nSPS) is 18.8. The number of nitrogens with zero attached hydrogens (tertiary/aromatic N) is 1. The Kier molecular flexibility index (Phi) is 4.00. The van der Waals surface area contributed by atoms with Gasteiger partial charge in [-0.3, -0.25) is 4.90 Å². The van der Waals surface area contributed by atoms with E-state index in [4.69, 9.17) is 0 Å². The highest BCUT2D eigenvalue weighted by Crippen LogP contribution is 2.28. The molecule has 19 heavy (non-hydrogen) atoms. The van der Waals surface area contributed by atoms with Gasteiger partial charge in [-0.1, -0.05) is 30.3 Å². The molecular formula is C17H24N2. The van der Waals surface area contributed by atoms with E-state index in [1.165, 1.54) is 36.8 Å². The lowest BCUT2D eigenvalue weighted by Crippen LogP contribution is -2.25. The summed E-state index contributed by atoms with van der Waals surface area (Å²) >= 11 is 0. The Hall–Kier alpha value is -1.12. The van der Waals surface area contributed by atoms with Crippen molar-refractivity contribution in [3.8, 4) is 0 Å². The first-order chi connectivity index (χ1) is 9.35. The van der Waals surface area contributed by atoms with Crippen molar-refractivity contribution in [2.75, 3.05) is 6.54 Å². The molecular weight excluding hydrogens is 232 g/mol. The topological polar surface area (TPSA) is 15.3 Å². The van der Waals surface area contributed by atoms with Crippen LogP contribution in [0.25, 0.3) is 0 Å². The molecule has 3 rings (SSSR count). The zero-order valence-corrected chi connectivity index (χ0v) is 11.6. The predicted molar refractivity (Wildman–Crippen MR) is 79.9 cm³/mol. The Bertz CT molecular complexity index is 415. The molecule has 1 N–H and O–H groups in total. The summed E-state index contributed by atoms with van der Waals surface area (Å²) in [5, 5.41) is 3.56. The highest BCUT2D eigenvalue weighted by Gasteiger charge is 2.27. The van der Waals surface area contributed by atoms with Crippen molar-refractivity contribution in [1.29, 1.82) is 0 Å². The first-order valence-electron chi connectivity index (χ1n) is 7.51. The average Bonchev–Trinajstić information content (AvgIpc) is 3.30. The van der Waals surface area contributed by atoms with Gasteiger partial charge in [0.25, 0.3) is 0 Å². The van der Waals surface area contributed by atoms with Gasteiger partial charge >= 0.3 is 0 Å². The predicted octanol–water partition coefficient (Wildman–Crippen LogP) is 3.09. The van der Waals surface area contributed by atoms with Crippen LogP contribution in [-0.4, -0.2) is 23.5 Å². The molecule has 2 heteroatoms. The molecule has 0 saturated heterocycles. The van der Waals surface area contributed by atoms with Crippen LogP contribution in [-0.2, 0) is 13.1 Å². The van der Waals surface area contributed by atoms with Gasteiger partial charge in [-0.25, -0.2) is 0 Å². The summed E-state index contributed by atoms with van der Waals surface area (Å²) in [5.41, 5.74) is 2.82. The molecule has 0 heterocycles. The molecule has 2 fully saturated rings. The van der Waals surface area contributed by atoms with Gasteiger partial charge in [-0.05, 0) is 36.8 Å². The van der Waals surface area contributed by atoms with Gasteiger partial charge in [0.05, 0.1) is 0 Å². The maximum absolute atomic E-state index is 3.86. The lowest BCUT2D eigenvalue weighted by atomic mass is 10.1. The fourth-order valence-corrected chi connectivity index (χ4v) is 2.49. The van der Waals surface area contributed by atoms with E-state index >= 15 is 0 Å². The number of hydrogen-bond acceptors (Lipinski definition) is 2. The molecule has 2 aliphatic carbocycles. The molecule has 0 radical (unpaired) electrons. The fourth-order valence-electron chi connectivity index (χ4n) is 2.49. The Labute approximate surface area is 116 Å². The third-order valence-electron chi connectivity index (χ3n) is 4.01. The first kappa shape index (κ1) is 12.9. The number of hydrogen-bond donors (Lipinski definition) is 1. The third kappa shape index (κ3) is 3.92. The van der Waals surface area contributed by atoms with E-state index in [-0.39, 0.29) is 0 Å². The zero-order chi connectivity index (χ0) is 13.1. The van der Waals surface area contributed by atoms with Crippen LogP contribution in [0.2, 0.25) is 0 Å². The van der Waals surface area contributed by atoms with Gasteiger partial charge in [-0.15, -0.1) is 6.58 Å². The van der Waals surface area contributed by atoms with Gasteiger partial charge < -0.3 is 5.32 Å². The monoisotopic (exact) mass is 256 g/mol. The molecule has 1 aromatic carbocycles. The van der Waals surface area contributed by atoms with E-state index in [9.17, 15) is 0 Å². The van der Waals surface area contributed by atoms with Crippen molar-refractivity contribution in [3.63, 3.8) is 0 Å². The second-order valence-corrected chi connectivity index (χ2v) is 5.92. The summed E-state index contributed by atoms with van der Waals surface area (Å²) < 4.78 is 0. The molecule has 0 unspecified atom stereocenters. The van der Waals surface area contributed by atoms with Crippen LogP contribution in [0.4, 0.5) is 0 Å². The van der Waals surface area contributed by atoms with Crippen LogP contribution in [0.5, 0.6) is 0 Å². The Morgan fingerprint density at radius 1 is 1.11 bits per heavy atom. The van der Waals surface area contributed by atoms with Crippen molar-refractivity contribution >= 4 is 0 Å². The average molecular weight is 256 g/mol. The Morgan fingerprint density at radius 3 is 2.37 bits per heavy atom. The van der Waals surface area contributed by atoms with Crippen LogP contribution in [0.1, 0.15) is 36.8 Å². The fraction of sp³-hybridized carbons (Fsp3) is 0.529. The maximum Gasteiger partial charge on any atom is 0.0239 e. The van der Waals surface area contributed by atoms with Crippen molar-refractivity contribution in [2.45, 2.75) is 50.9 Å². The van der Waals surface area contributed by atoms with Crippen molar-refractivity contribution in [1.82, 2.24) is 10.2 Å². The second kappa shape index (κ2) is 5.89. The molecule has 0 spiro atoms. The molecule has 0 bridgehead atoms. The highest BCUT2D eigenvalue weighted by molar-refractivity contribution is 5.23. The minimum atomic E-state index is 0.789. The zero-order valence-electron chi connectivity index (χ0n) is 11.6. The van der Waals surface area contributed by atoms with Gasteiger partial charge in [0.2, 0.25) is 0 Å².